The maximum atomic E-state index is 11.6. The van der Waals surface area contributed by atoms with E-state index in [1.54, 1.807) is 0 Å². The van der Waals surface area contributed by atoms with Crippen LogP contribution < -0.4 is 5.73 Å². The Morgan fingerprint density at radius 2 is 1.86 bits per heavy atom. The monoisotopic (exact) mass is 209 g/mol. The Labute approximate surface area is 89.2 Å². The average Bonchev–Trinajstić information content (AvgIpc) is 2.12. The largest absolute Gasteiger partial charge is 0.369 e. The molecule has 0 aromatic heterocycles. The van der Waals surface area contributed by atoms with Crippen LogP contribution in [-0.2, 0) is 4.79 Å². The first kappa shape index (κ1) is 8.84. The Morgan fingerprint density at radius 1 is 1.29 bits per heavy atom. The van der Waals surface area contributed by atoms with Gasteiger partial charge in [0.15, 0.2) is 0 Å². The van der Waals surface area contributed by atoms with Crippen molar-refractivity contribution in [2.75, 3.05) is 0 Å². The van der Waals surface area contributed by atoms with E-state index in [1.807, 2.05) is 0 Å². The Morgan fingerprint density at radius 3 is 2.36 bits per heavy atom. The lowest BCUT2D eigenvalue weighted by Crippen LogP contribution is -2.58. The normalized spacial score (nSPS) is 49.7. The molecule has 4 bridgehead atoms. The fourth-order valence-electron chi connectivity index (χ4n) is 4.10. The number of hydrogen-bond acceptors (Lipinski definition) is 2. The molecule has 4 rings (SSSR count). The van der Waals surface area contributed by atoms with E-state index in [-0.39, 0.29) is 11.3 Å². The van der Waals surface area contributed by atoms with Crippen LogP contribution in [0, 0.1) is 23.2 Å². The van der Waals surface area contributed by atoms with Gasteiger partial charge in [-0.1, -0.05) is 12.2 Å². The number of carbonyl (C=O) groups is 1. The molecule has 0 aromatic carbocycles. The summed E-state index contributed by atoms with van der Waals surface area (Å²) in [5.41, 5.74) is 5.18. The number of amides is 1. The molecule has 0 radical (unpaired) electrons. The summed E-state index contributed by atoms with van der Waals surface area (Å²) in [6.45, 7) is 0. The third kappa shape index (κ3) is 0.914. The highest BCUT2D eigenvalue weighted by atomic mass is 32.1. The van der Waals surface area contributed by atoms with Gasteiger partial charge in [0.2, 0.25) is 5.91 Å². The van der Waals surface area contributed by atoms with E-state index in [1.165, 1.54) is 19.3 Å². The summed E-state index contributed by atoms with van der Waals surface area (Å²) in [5.74, 6) is 1.84. The third-order valence-electron chi connectivity index (χ3n) is 4.49. The van der Waals surface area contributed by atoms with Crippen molar-refractivity contribution in [1.29, 1.82) is 0 Å². The lowest BCUT2D eigenvalue weighted by molar-refractivity contribution is -0.129. The van der Waals surface area contributed by atoms with Gasteiger partial charge in [-0.2, -0.15) is 0 Å². The topological polar surface area (TPSA) is 43.1 Å². The lowest BCUT2D eigenvalue weighted by Gasteiger charge is -2.55. The second kappa shape index (κ2) is 2.57. The van der Waals surface area contributed by atoms with Gasteiger partial charge < -0.3 is 5.73 Å². The fraction of sp³-hybridized carbons (Fsp3) is 0.818. The van der Waals surface area contributed by atoms with Gasteiger partial charge in [-0.25, -0.2) is 0 Å². The molecule has 0 saturated heterocycles. The Bertz CT molecular complexity index is 311. The van der Waals surface area contributed by atoms with Crippen LogP contribution in [0.3, 0.4) is 0 Å². The highest BCUT2D eigenvalue weighted by Crippen LogP contribution is 2.58. The molecule has 2 N–H and O–H groups in total. The molecule has 2 unspecified atom stereocenters. The van der Waals surface area contributed by atoms with E-state index < -0.39 is 0 Å². The third-order valence-corrected chi connectivity index (χ3v) is 5.21. The molecular formula is C11H15NOS. The van der Waals surface area contributed by atoms with Gasteiger partial charge >= 0.3 is 0 Å². The molecule has 14 heavy (non-hydrogen) atoms. The minimum absolute atomic E-state index is 0.151. The predicted molar refractivity (Wildman–Crippen MR) is 57.8 cm³/mol. The molecule has 0 spiro atoms. The van der Waals surface area contributed by atoms with Crippen molar-refractivity contribution < 1.29 is 4.79 Å². The van der Waals surface area contributed by atoms with Gasteiger partial charge in [0.25, 0.3) is 0 Å². The van der Waals surface area contributed by atoms with Crippen molar-refractivity contribution >= 4 is 23.0 Å². The van der Waals surface area contributed by atoms with E-state index in [2.05, 4.69) is 0 Å². The van der Waals surface area contributed by atoms with E-state index in [0.717, 1.165) is 29.5 Å². The first-order valence-corrected chi connectivity index (χ1v) is 5.87. The summed E-state index contributed by atoms with van der Waals surface area (Å²) >= 11 is 5.46. The Hall–Kier alpha value is -0.440. The summed E-state index contributed by atoms with van der Waals surface area (Å²) in [4.78, 5) is 12.6. The first-order valence-electron chi connectivity index (χ1n) is 5.46. The summed E-state index contributed by atoms with van der Waals surface area (Å²) in [6, 6.07) is 0. The second-order valence-electron chi connectivity index (χ2n) is 5.35. The molecule has 0 heterocycles. The van der Waals surface area contributed by atoms with Crippen LogP contribution >= 0.6 is 12.2 Å². The highest BCUT2D eigenvalue weighted by Gasteiger charge is 2.57. The number of carbonyl (C=O) groups excluding carboxylic acids is 1. The van der Waals surface area contributed by atoms with E-state index >= 15 is 0 Å². The van der Waals surface area contributed by atoms with Crippen molar-refractivity contribution in [3.63, 3.8) is 0 Å². The van der Waals surface area contributed by atoms with Crippen LogP contribution in [0.25, 0.3) is 0 Å². The van der Waals surface area contributed by atoms with Gasteiger partial charge in [-0.15, -0.1) is 0 Å². The summed E-state index contributed by atoms with van der Waals surface area (Å²) in [7, 11) is 0. The van der Waals surface area contributed by atoms with Gasteiger partial charge in [0, 0.05) is 4.86 Å². The number of thiocarbonyl (C=S) groups is 1. The molecule has 3 heteroatoms. The number of hydrogen-bond donors (Lipinski definition) is 1. The fourth-order valence-corrected chi connectivity index (χ4v) is 4.56. The van der Waals surface area contributed by atoms with Crippen LogP contribution in [0.15, 0.2) is 0 Å². The molecule has 4 saturated carbocycles. The van der Waals surface area contributed by atoms with Crippen molar-refractivity contribution in [2.24, 2.45) is 28.9 Å². The summed E-state index contributed by atoms with van der Waals surface area (Å²) in [5, 5.41) is 0. The zero-order chi connectivity index (χ0) is 9.92. The molecule has 4 aliphatic carbocycles. The van der Waals surface area contributed by atoms with Gasteiger partial charge in [0.05, 0.1) is 5.41 Å². The molecular weight excluding hydrogens is 194 g/mol. The van der Waals surface area contributed by atoms with E-state index in [9.17, 15) is 4.79 Å². The minimum atomic E-state index is -0.371. The molecule has 4 fully saturated rings. The first-order chi connectivity index (χ1) is 6.62. The van der Waals surface area contributed by atoms with Crippen molar-refractivity contribution in [2.45, 2.75) is 32.1 Å². The zero-order valence-electron chi connectivity index (χ0n) is 8.16. The molecule has 76 valence electrons. The molecule has 0 aromatic rings. The predicted octanol–water partition coefficient (Wildman–Crippen LogP) is 1.67. The van der Waals surface area contributed by atoms with Crippen molar-refractivity contribution in [3.05, 3.63) is 0 Å². The van der Waals surface area contributed by atoms with Crippen LogP contribution in [0.2, 0.25) is 0 Å². The van der Waals surface area contributed by atoms with Crippen LogP contribution in [0.5, 0.6) is 0 Å². The van der Waals surface area contributed by atoms with Gasteiger partial charge in [0.1, 0.15) is 0 Å². The molecule has 2 atom stereocenters. The quantitative estimate of drug-likeness (QED) is 0.667. The SMILES string of the molecule is NC(=O)C12CC3CC(CC(C3)C1=S)C2. The molecule has 4 aliphatic rings. The smallest absolute Gasteiger partial charge is 0.228 e. The molecule has 0 aliphatic heterocycles. The maximum absolute atomic E-state index is 11.6. The van der Waals surface area contributed by atoms with E-state index in [0.29, 0.717) is 5.92 Å². The number of nitrogens with two attached hydrogens (primary N) is 1. The minimum Gasteiger partial charge on any atom is -0.369 e. The molecule has 2 nitrogen and oxygen atoms in total. The number of primary amides is 1. The Balaban J connectivity index is 2.05. The maximum Gasteiger partial charge on any atom is 0.228 e. The highest BCUT2D eigenvalue weighted by molar-refractivity contribution is 7.80. The van der Waals surface area contributed by atoms with Crippen LogP contribution in [0.1, 0.15) is 32.1 Å². The standard InChI is InChI=1S/C11H15NOS/c12-10(13)11-4-6-1-7(5-11)3-8(2-6)9(11)14/h6-8H,1-5H2,(H2,12,13). The van der Waals surface area contributed by atoms with Crippen molar-refractivity contribution in [1.82, 2.24) is 0 Å². The Kier molecular flexibility index (Phi) is 1.62. The van der Waals surface area contributed by atoms with Crippen LogP contribution in [0.4, 0.5) is 0 Å². The van der Waals surface area contributed by atoms with Crippen LogP contribution in [-0.4, -0.2) is 10.8 Å². The molecule has 1 amide bonds. The van der Waals surface area contributed by atoms with Gasteiger partial charge in [-0.3, -0.25) is 4.79 Å². The lowest BCUT2D eigenvalue weighted by atomic mass is 9.49. The zero-order valence-corrected chi connectivity index (χ0v) is 8.98. The average molecular weight is 209 g/mol. The van der Waals surface area contributed by atoms with E-state index in [4.69, 9.17) is 18.0 Å². The summed E-state index contributed by atoms with van der Waals surface area (Å²) in [6.07, 6.45) is 5.67. The second-order valence-corrected chi connectivity index (χ2v) is 5.79. The van der Waals surface area contributed by atoms with Gasteiger partial charge in [-0.05, 0) is 49.9 Å². The number of rotatable bonds is 1. The van der Waals surface area contributed by atoms with Crippen molar-refractivity contribution in [3.8, 4) is 0 Å². The summed E-state index contributed by atoms with van der Waals surface area (Å²) < 4.78 is 0.